The third-order valence-corrected chi connectivity index (χ3v) is 3.15. The fourth-order valence-corrected chi connectivity index (χ4v) is 1.33. The van der Waals surface area contributed by atoms with Crippen LogP contribution in [0.1, 0.15) is 16.8 Å². The van der Waals surface area contributed by atoms with E-state index in [2.05, 4.69) is 40.7 Å². The Morgan fingerprint density at radius 3 is 2.89 bits per heavy atom. The standard InChI is InChI=1S/C10H13N3O2S2.ClH.Cu/c1-6-9(15)8(7(5-14)3-11-6)4-12-13-10(16)17-2;;/h3-4,14-15H,5H2,1-2H3,(H,13,16);1H;/q;;+2. The number of hydrogen-bond acceptors (Lipinski definition) is 5. The molecule has 0 fully saturated rings. The zero-order chi connectivity index (χ0) is 14.8. The summed E-state index contributed by atoms with van der Waals surface area (Å²) in [6, 6.07) is 0. The predicted molar refractivity (Wildman–Crippen MR) is 80.7 cm³/mol. The number of hydrogen-bond donors (Lipinski definition) is 2. The Kier molecular flexibility index (Phi) is 10.2. The number of aliphatic hydroxyl groups is 1. The molecule has 0 aliphatic carbocycles. The molecule has 109 valence electrons. The molecule has 19 heavy (non-hydrogen) atoms. The number of hydrazone groups is 1. The molecule has 1 aromatic rings. The maximum atomic E-state index is 9.15. The number of thiocarbonyl (C=S) groups is 1. The van der Waals surface area contributed by atoms with Crippen LogP contribution in [-0.2, 0) is 21.7 Å². The van der Waals surface area contributed by atoms with Crippen molar-refractivity contribution in [2.24, 2.45) is 5.10 Å². The van der Waals surface area contributed by atoms with Gasteiger partial charge in [0, 0.05) is 11.8 Å². The van der Waals surface area contributed by atoms with Gasteiger partial charge in [-0.25, -0.2) is 0 Å². The zero-order valence-corrected chi connectivity index (χ0v) is 13.5. The first-order chi connectivity index (χ1) is 9.10. The molecule has 0 aliphatic heterocycles. The van der Waals surface area contributed by atoms with Crippen LogP contribution in [0, 0.1) is 6.92 Å². The van der Waals surface area contributed by atoms with Gasteiger partial charge in [0.25, 0.3) is 5.75 Å². The second-order valence-electron chi connectivity index (χ2n) is 3.18. The summed E-state index contributed by atoms with van der Waals surface area (Å²) in [5.41, 5.74) is 4.37. The van der Waals surface area contributed by atoms with Gasteiger partial charge in [-0.15, -0.1) is 0 Å². The Bertz CT molecular complexity index is 461. The molecular weight excluding hydrogens is 357 g/mol. The van der Waals surface area contributed by atoms with Crippen molar-refractivity contribution < 1.29 is 25.3 Å². The molecule has 0 spiro atoms. The molecule has 0 aliphatic rings. The van der Waals surface area contributed by atoms with Crippen LogP contribution >= 0.6 is 34.1 Å². The van der Waals surface area contributed by atoms with Gasteiger partial charge in [-0.1, -0.05) is 24.0 Å². The molecule has 0 atom stereocenters. The van der Waals surface area contributed by atoms with E-state index in [0.717, 1.165) is 0 Å². The number of rotatable bonds is 3. The fraction of sp³-hybridized carbons (Fsp3) is 0.300. The number of halogens is 1. The molecule has 0 saturated heterocycles. The fourth-order valence-electron chi connectivity index (χ4n) is 1.13. The Balaban J connectivity index is 0.00000154. The number of aryl methyl sites for hydroxylation is 1. The Hall–Kier alpha value is -0.371. The molecule has 0 unspecified atom stereocenters. The van der Waals surface area contributed by atoms with E-state index in [9.17, 15) is 0 Å². The van der Waals surface area contributed by atoms with Crippen LogP contribution in [0.4, 0.5) is 0 Å². The van der Waals surface area contributed by atoms with E-state index in [1.165, 1.54) is 18.0 Å². The van der Waals surface area contributed by atoms with Gasteiger partial charge >= 0.3 is 25.2 Å². The van der Waals surface area contributed by atoms with Crippen LogP contribution < -0.4 is 5.43 Å². The minimum absolute atomic E-state index is 0.173. The van der Waals surface area contributed by atoms with Crippen LogP contribution in [0.5, 0.6) is 5.75 Å². The molecule has 1 heterocycles. The summed E-state index contributed by atoms with van der Waals surface area (Å²) >= 11 is 9.95. The van der Waals surface area contributed by atoms with E-state index in [1.807, 2.05) is 6.26 Å². The predicted octanol–water partition coefficient (Wildman–Crippen LogP) is 1.58. The van der Waals surface area contributed by atoms with E-state index in [0.29, 0.717) is 21.1 Å². The molecule has 9 heteroatoms. The van der Waals surface area contributed by atoms with Crippen molar-refractivity contribution in [1.82, 2.24) is 10.4 Å². The minimum atomic E-state index is -0.173. The van der Waals surface area contributed by atoms with Crippen LogP contribution in [0.3, 0.4) is 0 Å². The summed E-state index contributed by atoms with van der Waals surface area (Å²) < 4.78 is 0.545. The van der Waals surface area contributed by atoms with E-state index >= 15 is 0 Å². The van der Waals surface area contributed by atoms with E-state index in [-0.39, 0.29) is 12.4 Å². The summed E-state index contributed by atoms with van der Waals surface area (Å²) in [4.78, 5) is 4.01. The molecule has 0 radical (unpaired) electrons. The zero-order valence-electron chi connectivity index (χ0n) is 10.2. The first kappa shape index (κ1) is 18.6. The topological polar surface area (TPSA) is 80.4 Å². The summed E-state index contributed by atoms with van der Waals surface area (Å²) in [5.74, 6) is 0.261. The molecule has 0 bridgehead atoms. The van der Waals surface area contributed by atoms with E-state index in [1.54, 1.807) is 13.1 Å². The number of aliphatic hydroxyl groups excluding tert-OH is 1. The number of nitrogens with zero attached hydrogens (tertiary/aromatic N) is 2. The van der Waals surface area contributed by atoms with E-state index < -0.39 is 0 Å². The molecular formula is C10H14ClCuN3O2S2+2. The quantitative estimate of drug-likeness (QED) is 0.277. The number of nitrogens with one attached hydrogen (secondary N) is 1. The second kappa shape index (κ2) is 10.4. The second-order valence-corrected chi connectivity index (χ2v) is 4.66. The van der Waals surface area contributed by atoms with Crippen molar-refractivity contribution in [2.75, 3.05) is 6.26 Å². The Morgan fingerprint density at radius 2 is 2.37 bits per heavy atom. The maximum absolute atomic E-state index is 9.15. The monoisotopic (exact) mass is 370 g/mol. The van der Waals surface area contributed by atoms with Gasteiger partial charge < -0.3 is 10.2 Å². The average molecular weight is 371 g/mol. The Labute approximate surface area is 133 Å². The third-order valence-electron chi connectivity index (χ3n) is 2.10. The average Bonchev–Trinajstić information content (AvgIpc) is 2.45. The first-order valence-corrected chi connectivity index (χ1v) is 7.82. The first-order valence-electron chi connectivity index (χ1n) is 4.89. The SMILES string of the molecule is CSC(=S)NN=Cc1c(CO)cnc(C)c1[OH2+].[Cl][Cu+]. The summed E-state index contributed by atoms with van der Waals surface area (Å²) in [7, 11) is 4.20. The molecule has 4 N–H and O–H groups in total. The van der Waals surface area contributed by atoms with Crippen LogP contribution in [-0.4, -0.2) is 32.0 Å². The van der Waals surface area contributed by atoms with Crippen molar-refractivity contribution >= 4 is 44.6 Å². The van der Waals surface area contributed by atoms with Crippen molar-refractivity contribution in [3.63, 3.8) is 0 Å². The van der Waals surface area contributed by atoms with Gasteiger partial charge in [-0.05, 0) is 13.2 Å². The van der Waals surface area contributed by atoms with Crippen molar-refractivity contribution in [2.45, 2.75) is 13.5 Å². The van der Waals surface area contributed by atoms with Gasteiger partial charge in [0.2, 0.25) is 0 Å². The molecule has 0 aromatic carbocycles. The number of aromatic nitrogens is 1. The van der Waals surface area contributed by atoms with Crippen molar-refractivity contribution in [3.8, 4) is 5.75 Å². The summed E-state index contributed by atoms with van der Waals surface area (Å²) in [5, 5.41) is 20.9. The van der Waals surface area contributed by atoms with Crippen LogP contribution in [0.15, 0.2) is 11.3 Å². The molecule has 5 nitrogen and oxygen atoms in total. The van der Waals surface area contributed by atoms with Crippen LogP contribution in [0.2, 0.25) is 0 Å². The molecule has 0 saturated carbocycles. The van der Waals surface area contributed by atoms with Gasteiger partial charge in [-0.2, -0.15) is 5.10 Å². The van der Waals surface area contributed by atoms with E-state index in [4.69, 9.17) is 22.4 Å². The van der Waals surface area contributed by atoms with Crippen LogP contribution in [0.25, 0.3) is 0 Å². The molecule has 1 rings (SSSR count). The molecule has 1 aromatic heterocycles. The number of pyridine rings is 1. The van der Waals surface area contributed by atoms with Gasteiger partial charge in [0.1, 0.15) is 5.69 Å². The normalized spacial score (nSPS) is 10.0. The van der Waals surface area contributed by atoms with Gasteiger partial charge in [0.05, 0.1) is 18.4 Å². The summed E-state index contributed by atoms with van der Waals surface area (Å²) in [6.45, 7) is 1.56. The third kappa shape index (κ3) is 6.07. The Morgan fingerprint density at radius 1 is 1.74 bits per heavy atom. The van der Waals surface area contributed by atoms with Gasteiger partial charge in [-0.3, -0.25) is 10.4 Å². The van der Waals surface area contributed by atoms with Crippen molar-refractivity contribution in [1.29, 1.82) is 0 Å². The molecule has 0 amide bonds. The summed E-state index contributed by atoms with van der Waals surface area (Å²) in [6.07, 6.45) is 4.86. The van der Waals surface area contributed by atoms with Crippen molar-refractivity contribution in [3.05, 3.63) is 23.0 Å². The number of thioether (sulfide) groups is 1. The van der Waals surface area contributed by atoms with Gasteiger partial charge in [0.15, 0.2) is 4.32 Å².